The van der Waals surface area contributed by atoms with Gasteiger partial charge in [0.25, 0.3) is 0 Å². The summed E-state index contributed by atoms with van der Waals surface area (Å²) in [6.45, 7) is 1.88. The second kappa shape index (κ2) is 8.99. The second-order valence-electron chi connectivity index (χ2n) is 6.52. The number of pyridine rings is 1. The molecule has 3 rings (SSSR count). The summed E-state index contributed by atoms with van der Waals surface area (Å²) in [7, 11) is -2.10. The smallest absolute Gasteiger partial charge is 0.248 e. The average Bonchev–Trinajstić information content (AvgIpc) is 2.73. The van der Waals surface area contributed by atoms with E-state index in [9.17, 15) is 13.2 Å². The first-order valence-corrected chi connectivity index (χ1v) is 10.7. The van der Waals surface area contributed by atoms with Gasteiger partial charge in [-0.2, -0.15) is 0 Å². The summed E-state index contributed by atoms with van der Waals surface area (Å²) in [5.74, 6) is 0.531. The van der Waals surface area contributed by atoms with Crippen LogP contribution in [0.2, 0.25) is 0 Å². The van der Waals surface area contributed by atoms with Crippen LogP contribution in [-0.4, -0.2) is 39.4 Å². The lowest BCUT2D eigenvalue weighted by molar-refractivity contribution is -0.111. The van der Waals surface area contributed by atoms with Crippen molar-refractivity contribution in [2.75, 3.05) is 30.4 Å². The van der Waals surface area contributed by atoms with E-state index in [0.29, 0.717) is 5.69 Å². The van der Waals surface area contributed by atoms with Gasteiger partial charge in [0.15, 0.2) is 5.82 Å². The van der Waals surface area contributed by atoms with E-state index in [1.54, 1.807) is 30.5 Å². The molecule has 28 heavy (non-hydrogen) atoms. The van der Waals surface area contributed by atoms with Crippen molar-refractivity contribution >= 4 is 33.5 Å². The third-order valence-corrected chi connectivity index (χ3v) is 6.02. The third-order valence-electron chi connectivity index (χ3n) is 4.59. The van der Waals surface area contributed by atoms with E-state index in [4.69, 9.17) is 0 Å². The Morgan fingerprint density at radius 2 is 1.82 bits per heavy atom. The quantitative estimate of drug-likeness (QED) is 0.728. The molecule has 0 radical (unpaired) electrons. The van der Waals surface area contributed by atoms with E-state index in [0.717, 1.165) is 37.3 Å². The van der Waals surface area contributed by atoms with Crippen LogP contribution in [0.1, 0.15) is 24.8 Å². The monoisotopic (exact) mass is 400 g/mol. The lowest BCUT2D eigenvalue weighted by Crippen LogP contribution is -2.31. The van der Waals surface area contributed by atoms with Gasteiger partial charge < -0.3 is 10.2 Å². The summed E-state index contributed by atoms with van der Waals surface area (Å²) in [6, 6.07) is 9.94. The van der Waals surface area contributed by atoms with Crippen molar-refractivity contribution in [2.24, 2.45) is 0 Å². The minimum atomic E-state index is -3.47. The molecule has 0 spiro atoms. The van der Waals surface area contributed by atoms with E-state index in [2.05, 4.69) is 19.9 Å². The first-order chi connectivity index (χ1) is 13.5. The van der Waals surface area contributed by atoms with Gasteiger partial charge in [0.1, 0.15) is 0 Å². The Bertz CT molecular complexity index is 950. The molecule has 0 saturated carbocycles. The molecule has 0 bridgehead atoms. The highest BCUT2D eigenvalue weighted by Gasteiger charge is 2.16. The third kappa shape index (κ3) is 4.96. The number of amides is 1. The number of piperidine rings is 1. The number of rotatable bonds is 6. The van der Waals surface area contributed by atoms with Gasteiger partial charge in [0.05, 0.1) is 10.6 Å². The zero-order valence-corrected chi connectivity index (χ0v) is 16.6. The topological polar surface area (TPSA) is 91.4 Å². The molecule has 1 saturated heterocycles. The summed E-state index contributed by atoms with van der Waals surface area (Å²) in [5.41, 5.74) is 1.42. The maximum Gasteiger partial charge on any atom is 0.248 e. The van der Waals surface area contributed by atoms with Gasteiger partial charge >= 0.3 is 0 Å². The number of sulfonamides is 1. The molecule has 1 aliphatic rings. The van der Waals surface area contributed by atoms with Gasteiger partial charge in [-0.3, -0.25) is 4.79 Å². The normalized spacial score (nSPS) is 15.0. The van der Waals surface area contributed by atoms with Crippen molar-refractivity contribution in [1.82, 2.24) is 9.71 Å². The van der Waals surface area contributed by atoms with Gasteiger partial charge in [0.2, 0.25) is 15.9 Å². The predicted octanol–water partition coefficient (Wildman–Crippen LogP) is 2.63. The largest absolute Gasteiger partial charge is 0.355 e. The molecule has 0 unspecified atom stereocenters. The van der Waals surface area contributed by atoms with Crippen molar-refractivity contribution in [3.63, 3.8) is 0 Å². The molecule has 8 heteroatoms. The summed E-state index contributed by atoms with van der Waals surface area (Å²) in [5, 5.41) is 2.89. The van der Waals surface area contributed by atoms with Gasteiger partial charge in [-0.1, -0.05) is 12.1 Å². The highest BCUT2D eigenvalue weighted by Crippen LogP contribution is 2.25. The molecule has 1 amide bonds. The van der Waals surface area contributed by atoms with Crippen LogP contribution in [0.25, 0.3) is 6.08 Å². The number of aromatic nitrogens is 1. The molecule has 2 aromatic rings. The highest BCUT2D eigenvalue weighted by molar-refractivity contribution is 7.89. The molecule has 0 atom stereocenters. The molecule has 2 heterocycles. The first kappa shape index (κ1) is 20.0. The molecule has 0 aliphatic carbocycles. The number of nitrogens with zero attached hydrogens (tertiary/aromatic N) is 2. The summed E-state index contributed by atoms with van der Waals surface area (Å²) in [4.78, 5) is 19.2. The Hall–Kier alpha value is -2.71. The van der Waals surface area contributed by atoms with Crippen LogP contribution in [-0.2, 0) is 14.8 Å². The van der Waals surface area contributed by atoms with E-state index in [1.807, 2.05) is 6.07 Å². The fourth-order valence-corrected chi connectivity index (χ4v) is 3.80. The zero-order valence-electron chi connectivity index (χ0n) is 15.8. The summed E-state index contributed by atoms with van der Waals surface area (Å²) >= 11 is 0. The first-order valence-electron chi connectivity index (χ1n) is 9.22. The van der Waals surface area contributed by atoms with Crippen LogP contribution in [0.5, 0.6) is 0 Å². The van der Waals surface area contributed by atoms with Crippen LogP contribution in [0, 0.1) is 0 Å². The lowest BCUT2D eigenvalue weighted by atomic mass is 10.1. The van der Waals surface area contributed by atoms with E-state index < -0.39 is 10.0 Å². The van der Waals surface area contributed by atoms with E-state index in [-0.39, 0.29) is 10.8 Å². The van der Waals surface area contributed by atoms with Crippen LogP contribution >= 0.6 is 0 Å². The lowest BCUT2D eigenvalue weighted by Gasteiger charge is -2.29. The number of benzene rings is 1. The minimum absolute atomic E-state index is 0.179. The highest BCUT2D eigenvalue weighted by atomic mass is 32.2. The van der Waals surface area contributed by atoms with Gasteiger partial charge in [-0.25, -0.2) is 18.1 Å². The number of carbonyl (C=O) groups is 1. The number of hydrogen-bond acceptors (Lipinski definition) is 5. The number of nitrogens with one attached hydrogen (secondary N) is 2. The maximum atomic E-state index is 12.3. The van der Waals surface area contributed by atoms with Crippen LogP contribution in [0.4, 0.5) is 11.5 Å². The Kier molecular flexibility index (Phi) is 6.43. The van der Waals surface area contributed by atoms with Crippen LogP contribution < -0.4 is 14.9 Å². The van der Waals surface area contributed by atoms with Gasteiger partial charge in [0, 0.05) is 25.4 Å². The minimum Gasteiger partial charge on any atom is -0.355 e. The fraction of sp³-hybridized carbons (Fsp3) is 0.300. The van der Waals surface area contributed by atoms with Crippen LogP contribution in [0.3, 0.4) is 0 Å². The van der Waals surface area contributed by atoms with Crippen molar-refractivity contribution < 1.29 is 13.2 Å². The molecule has 1 fully saturated rings. The van der Waals surface area contributed by atoms with Crippen LogP contribution in [0.15, 0.2) is 53.6 Å². The van der Waals surface area contributed by atoms with Crippen molar-refractivity contribution in [2.45, 2.75) is 24.2 Å². The molecule has 2 N–H and O–H groups in total. The Morgan fingerprint density at radius 1 is 1.11 bits per heavy atom. The SMILES string of the molecule is CNS(=O)(=O)c1ccc(C=CC(=O)Nc2cccnc2N2CCCCC2)cc1. The average molecular weight is 401 g/mol. The van der Waals surface area contributed by atoms with Gasteiger partial charge in [-0.05, 0) is 62.2 Å². The van der Waals surface area contributed by atoms with Crippen molar-refractivity contribution in [3.05, 3.63) is 54.2 Å². The Morgan fingerprint density at radius 3 is 2.50 bits per heavy atom. The number of carbonyl (C=O) groups excluding carboxylic acids is 1. The number of hydrogen-bond donors (Lipinski definition) is 2. The summed E-state index contributed by atoms with van der Waals surface area (Å²) in [6.07, 6.45) is 8.28. The molecule has 7 nitrogen and oxygen atoms in total. The van der Waals surface area contributed by atoms with Crippen molar-refractivity contribution in [3.8, 4) is 0 Å². The molecule has 1 aromatic heterocycles. The molecular weight excluding hydrogens is 376 g/mol. The van der Waals surface area contributed by atoms with E-state index in [1.165, 1.54) is 31.7 Å². The Balaban J connectivity index is 1.67. The molecule has 148 valence electrons. The molecule has 1 aliphatic heterocycles. The Labute approximate surface area is 165 Å². The van der Waals surface area contributed by atoms with Crippen molar-refractivity contribution in [1.29, 1.82) is 0 Å². The zero-order chi connectivity index (χ0) is 20.0. The fourth-order valence-electron chi connectivity index (χ4n) is 3.07. The second-order valence-corrected chi connectivity index (χ2v) is 8.41. The van der Waals surface area contributed by atoms with Gasteiger partial charge in [-0.15, -0.1) is 0 Å². The predicted molar refractivity (Wildman–Crippen MR) is 111 cm³/mol. The summed E-state index contributed by atoms with van der Waals surface area (Å²) < 4.78 is 25.7. The standard InChI is InChI=1S/C20H24N4O3S/c1-21-28(26,27)17-10-7-16(8-11-17)9-12-19(25)23-18-6-5-13-22-20(18)24-14-3-2-4-15-24/h5-13,21H,2-4,14-15H2,1H3,(H,23,25). The number of anilines is 2. The molecular formula is C20H24N4O3S. The van der Waals surface area contributed by atoms with E-state index >= 15 is 0 Å². The maximum absolute atomic E-state index is 12.3. The molecule has 1 aromatic carbocycles.